The summed E-state index contributed by atoms with van der Waals surface area (Å²) < 4.78 is 0. The lowest BCUT2D eigenvalue weighted by Gasteiger charge is -2.33. The molecule has 1 aromatic rings. The maximum atomic E-state index is 4.41. The molecule has 3 unspecified atom stereocenters. The molecular weight excluding hydrogens is 228 g/mol. The van der Waals surface area contributed by atoms with Gasteiger partial charge in [-0.15, -0.1) is 11.3 Å². The Morgan fingerprint density at radius 1 is 1.53 bits per heavy atom. The summed E-state index contributed by atoms with van der Waals surface area (Å²) in [5.41, 5.74) is 0. The van der Waals surface area contributed by atoms with Gasteiger partial charge in [-0.1, -0.05) is 26.7 Å². The molecule has 0 amide bonds. The topological polar surface area (TPSA) is 24.9 Å². The van der Waals surface area contributed by atoms with E-state index in [0.717, 1.165) is 18.4 Å². The second kappa shape index (κ2) is 5.96. The summed E-state index contributed by atoms with van der Waals surface area (Å²) in [6.07, 6.45) is 7.63. The fourth-order valence-corrected chi connectivity index (χ4v) is 3.98. The van der Waals surface area contributed by atoms with Crippen LogP contribution in [0.25, 0.3) is 0 Å². The van der Waals surface area contributed by atoms with E-state index >= 15 is 0 Å². The highest BCUT2D eigenvalue weighted by Crippen LogP contribution is 2.38. The van der Waals surface area contributed by atoms with Crippen LogP contribution in [0, 0.1) is 18.8 Å². The van der Waals surface area contributed by atoms with Gasteiger partial charge in [-0.05, 0) is 38.1 Å². The van der Waals surface area contributed by atoms with Crippen molar-refractivity contribution in [2.45, 2.75) is 52.5 Å². The lowest BCUT2D eigenvalue weighted by Crippen LogP contribution is -2.30. The van der Waals surface area contributed by atoms with Gasteiger partial charge in [-0.2, -0.15) is 0 Å². The van der Waals surface area contributed by atoms with Crippen LogP contribution in [0.2, 0.25) is 0 Å². The zero-order chi connectivity index (χ0) is 12.3. The van der Waals surface area contributed by atoms with Crippen LogP contribution in [0.5, 0.6) is 0 Å². The van der Waals surface area contributed by atoms with Crippen molar-refractivity contribution in [2.75, 3.05) is 6.54 Å². The van der Waals surface area contributed by atoms with Gasteiger partial charge < -0.3 is 5.32 Å². The van der Waals surface area contributed by atoms with E-state index in [9.17, 15) is 0 Å². The third kappa shape index (κ3) is 3.29. The van der Waals surface area contributed by atoms with E-state index in [2.05, 4.69) is 37.3 Å². The monoisotopic (exact) mass is 252 g/mol. The Bertz CT molecular complexity index is 348. The molecule has 96 valence electrons. The molecule has 1 aromatic heterocycles. The first-order valence-corrected chi connectivity index (χ1v) is 7.68. The van der Waals surface area contributed by atoms with E-state index in [1.54, 1.807) is 0 Å². The van der Waals surface area contributed by atoms with Gasteiger partial charge >= 0.3 is 0 Å². The van der Waals surface area contributed by atoms with Crippen molar-refractivity contribution in [3.63, 3.8) is 0 Å². The Morgan fingerprint density at radius 3 is 2.94 bits per heavy atom. The average molecular weight is 252 g/mol. The van der Waals surface area contributed by atoms with Crippen molar-refractivity contribution in [1.29, 1.82) is 0 Å². The fourth-order valence-electron chi connectivity index (χ4n) is 3.02. The molecule has 0 radical (unpaired) electrons. The number of aryl methyl sites for hydroxylation is 1. The van der Waals surface area contributed by atoms with Crippen LogP contribution in [0.1, 0.15) is 55.5 Å². The van der Waals surface area contributed by atoms with Crippen molar-refractivity contribution in [1.82, 2.24) is 10.3 Å². The molecule has 2 nitrogen and oxygen atoms in total. The van der Waals surface area contributed by atoms with Crippen molar-refractivity contribution < 1.29 is 0 Å². The van der Waals surface area contributed by atoms with Crippen molar-refractivity contribution >= 4 is 11.3 Å². The normalized spacial score (nSPS) is 27.0. The predicted octanol–water partition coefficient (Wildman–Crippen LogP) is 3.93. The van der Waals surface area contributed by atoms with Crippen LogP contribution >= 0.6 is 11.3 Å². The van der Waals surface area contributed by atoms with E-state index in [0.29, 0.717) is 6.04 Å². The Hall–Kier alpha value is -0.410. The van der Waals surface area contributed by atoms with E-state index in [1.807, 2.05) is 11.3 Å². The summed E-state index contributed by atoms with van der Waals surface area (Å²) >= 11 is 1.86. The highest BCUT2D eigenvalue weighted by atomic mass is 32.1. The lowest BCUT2D eigenvalue weighted by atomic mass is 9.78. The number of nitrogens with zero attached hydrogens (tertiary/aromatic N) is 1. The first-order valence-electron chi connectivity index (χ1n) is 6.86. The number of aromatic nitrogens is 1. The maximum Gasteiger partial charge on any atom is 0.0897 e. The molecule has 0 bridgehead atoms. The molecule has 1 heterocycles. The summed E-state index contributed by atoms with van der Waals surface area (Å²) in [4.78, 5) is 5.85. The van der Waals surface area contributed by atoms with Crippen LogP contribution in [-0.4, -0.2) is 11.5 Å². The zero-order valence-electron chi connectivity index (χ0n) is 11.2. The van der Waals surface area contributed by atoms with Crippen molar-refractivity contribution in [2.24, 2.45) is 11.8 Å². The van der Waals surface area contributed by atoms with Crippen LogP contribution < -0.4 is 5.32 Å². The molecule has 17 heavy (non-hydrogen) atoms. The highest BCUT2D eigenvalue weighted by molar-refractivity contribution is 7.11. The SMILES string of the molecule is CCNC(c1cnc(C)s1)C1CCCC(C)C1. The van der Waals surface area contributed by atoms with Gasteiger partial charge in [0.2, 0.25) is 0 Å². The Balaban J connectivity index is 2.10. The third-order valence-electron chi connectivity index (χ3n) is 3.82. The van der Waals surface area contributed by atoms with Crippen LogP contribution in [0.15, 0.2) is 6.20 Å². The van der Waals surface area contributed by atoms with Crippen molar-refractivity contribution in [3.8, 4) is 0 Å². The molecule has 0 aliphatic heterocycles. The molecule has 3 heteroatoms. The van der Waals surface area contributed by atoms with Gasteiger partial charge in [0.15, 0.2) is 0 Å². The minimum atomic E-state index is 0.536. The summed E-state index contributed by atoms with van der Waals surface area (Å²) in [5.74, 6) is 1.70. The smallest absolute Gasteiger partial charge is 0.0897 e. The molecule has 1 aliphatic carbocycles. The van der Waals surface area contributed by atoms with E-state index in [-0.39, 0.29) is 0 Å². The summed E-state index contributed by atoms with van der Waals surface area (Å²) in [6.45, 7) is 7.74. The zero-order valence-corrected chi connectivity index (χ0v) is 12.0. The van der Waals surface area contributed by atoms with Gasteiger partial charge in [-0.3, -0.25) is 0 Å². The molecule has 0 spiro atoms. The second-order valence-electron chi connectivity index (χ2n) is 5.35. The number of rotatable bonds is 4. The minimum Gasteiger partial charge on any atom is -0.309 e. The number of hydrogen-bond donors (Lipinski definition) is 1. The summed E-state index contributed by atoms with van der Waals surface area (Å²) in [6, 6.07) is 0.536. The second-order valence-corrected chi connectivity index (χ2v) is 6.62. The van der Waals surface area contributed by atoms with E-state index < -0.39 is 0 Å². The summed E-state index contributed by atoms with van der Waals surface area (Å²) in [7, 11) is 0. The average Bonchev–Trinajstić information content (AvgIpc) is 2.72. The third-order valence-corrected chi connectivity index (χ3v) is 4.81. The molecule has 1 N–H and O–H groups in total. The summed E-state index contributed by atoms with van der Waals surface area (Å²) in [5, 5.41) is 4.86. The van der Waals surface area contributed by atoms with Gasteiger partial charge in [0, 0.05) is 17.1 Å². The van der Waals surface area contributed by atoms with Gasteiger partial charge in [0.1, 0.15) is 0 Å². The van der Waals surface area contributed by atoms with Gasteiger partial charge in [0.25, 0.3) is 0 Å². The Morgan fingerprint density at radius 2 is 2.35 bits per heavy atom. The highest BCUT2D eigenvalue weighted by Gasteiger charge is 2.28. The van der Waals surface area contributed by atoms with E-state index in [1.165, 1.54) is 35.6 Å². The fraction of sp³-hybridized carbons (Fsp3) is 0.786. The molecule has 2 rings (SSSR count). The molecule has 1 aliphatic rings. The van der Waals surface area contributed by atoms with Gasteiger partial charge in [-0.25, -0.2) is 4.98 Å². The molecule has 1 fully saturated rings. The molecular formula is C14H24N2S. The maximum absolute atomic E-state index is 4.41. The predicted molar refractivity (Wildman–Crippen MR) is 74.4 cm³/mol. The first kappa shape index (κ1) is 13.0. The lowest BCUT2D eigenvalue weighted by molar-refractivity contribution is 0.227. The van der Waals surface area contributed by atoms with E-state index in [4.69, 9.17) is 0 Å². The number of thiazole rings is 1. The minimum absolute atomic E-state index is 0.536. The standard InChI is InChI=1S/C14H24N2S/c1-4-15-14(13-9-16-11(3)17-13)12-7-5-6-10(2)8-12/h9-10,12,14-15H,4-8H2,1-3H3. The Kier molecular flexibility index (Phi) is 4.57. The van der Waals surface area contributed by atoms with Crippen LogP contribution in [-0.2, 0) is 0 Å². The Labute approximate surface area is 109 Å². The largest absolute Gasteiger partial charge is 0.309 e. The van der Waals surface area contributed by atoms with Gasteiger partial charge in [0.05, 0.1) is 5.01 Å². The quantitative estimate of drug-likeness (QED) is 0.878. The molecule has 1 saturated carbocycles. The molecule has 0 saturated heterocycles. The van der Waals surface area contributed by atoms with Crippen molar-refractivity contribution in [3.05, 3.63) is 16.1 Å². The molecule has 0 aromatic carbocycles. The van der Waals surface area contributed by atoms with Crippen LogP contribution in [0.3, 0.4) is 0 Å². The first-order chi connectivity index (χ1) is 8.20. The number of hydrogen-bond acceptors (Lipinski definition) is 3. The van der Waals surface area contributed by atoms with Crippen LogP contribution in [0.4, 0.5) is 0 Å². The molecule has 3 atom stereocenters. The number of nitrogens with one attached hydrogen (secondary N) is 1.